The van der Waals surface area contributed by atoms with Gasteiger partial charge in [0.1, 0.15) is 4.83 Å². The maximum absolute atomic E-state index is 13.6. The van der Waals surface area contributed by atoms with Crippen LogP contribution in [-0.4, -0.2) is 27.3 Å². The molecule has 3 aromatic rings. The fourth-order valence-electron chi connectivity index (χ4n) is 3.90. The number of carbonyl (C=O) groups excluding carboxylic acids is 1. The monoisotopic (exact) mass is 425 g/mol. The lowest BCUT2D eigenvalue weighted by molar-refractivity contribution is -0.118. The lowest BCUT2D eigenvalue weighted by Gasteiger charge is -2.17. The second kappa shape index (κ2) is 7.61. The van der Waals surface area contributed by atoms with Crippen molar-refractivity contribution >= 4 is 39.2 Å². The molecule has 2 aliphatic rings. The number of carbonyl (C=O) groups is 1. The average Bonchev–Trinajstić information content (AvgIpc) is 3.44. The molecule has 5 rings (SSSR count). The number of fused-ring (bicyclic) bond motifs is 3. The van der Waals surface area contributed by atoms with Crippen molar-refractivity contribution < 1.29 is 4.79 Å². The van der Waals surface area contributed by atoms with E-state index in [-0.39, 0.29) is 17.2 Å². The van der Waals surface area contributed by atoms with Gasteiger partial charge in [-0.25, -0.2) is 4.98 Å². The van der Waals surface area contributed by atoms with E-state index in [0.29, 0.717) is 17.1 Å². The number of nitrogens with one attached hydrogen (secondary N) is 1. The smallest absolute Gasteiger partial charge is 0.267 e. The van der Waals surface area contributed by atoms with Gasteiger partial charge in [-0.1, -0.05) is 36.9 Å². The van der Waals surface area contributed by atoms with E-state index in [2.05, 4.69) is 12.2 Å². The van der Waals surface area contributed by atoms with Crippen molar-refractivity contribution in [2.45, 2.75) is 50.2 Å². The van der Waals surface area contributed by atoms with Gasteiger partial charge in [0, 0.05) is 10.9 Å². The highest BCUT2D eigenvalue weighted by Crippen LogP contribution is 2.37. The summed E-state index contributed by atoms with van der Waals surface area (Å²) in [7, 11) is 0. The van der Waals surface area contributed by atoms with Crippen molar-refractivity contribution in [3.63, 3.8) is 0 Å². The zero-order chi connectivity index (χ0) is 20.0. The van der Waals surface area contributed by atoms with Gasteiger partial charge in [-0.15, -0.1) is 11.3 Å². The Bertz CT molecular complexity index is 1130. The van der Waals surface area contributed by atoms with Crippen LogP contribution in [0.4, 0.5) is 0 Å². The zero-order valence-corrected chi connectivity index (χ0v) is 17.9. The number of amides is 1. The number of thiophene rings is 1. The van der Waals surface area contributed by atoms with Crippen LogP contribution in [0.15, 0.2) is 40.3 Å². The van der Waals surface area contributed by atoms with Crippen LogP contribution in [-0.2, 0) is 17.6 Å². The van der Waals surface area contributed by atoms with Crippen molar-refractivity contribution in [1.29, 1.82) is 0 Å². The Morgan fingerprint density at radius 2 is 2.07 bits per heavy atom. The molecule has 1 aromatic carbocycles. The van der Waals surface area contributed by atoms with Crippen LogP contribution >= 0.6 is 23.1 Å². The summed E-state index contributed by atoms with van der Waals surface area (Å²) < 4.78 is 1.68. The number of hydrogen-bond acceptors (Lipinski definition) is 5. The Morgan fingerprint density at radius 1 is 1.28 bits per heavy atom. The third-order valence-electron chi connectivity index (χ3n) is 5.59. The molecule has 0 radical (unpaired) electrons. The highest BCUT2D eigenvalue weighted by Gasteiger charge is 2.26. The molecule has 0 bridgehead atoms. The van der Waals surface area contributed by atoms with Crippen molar-refractivity contribution in [2.75, 3.05) is 5.75 Å². The van der Waals surface area contributed by atoms with Crippen LogP contribution in [0.25, 0.3) is 15.9 Å². The predicted molar refractivity (Wildman–Crippen MR) is 118 cm³/mol. The highest BCUT2D eigenvalue weighted by molar-refractivity contribution is 7.99. The summed E-state index contributed by atoms with van der Waals surface area (Å²) in [5.41, 5.74) is 1.97. The van der Waals surface area contributed by atoms with Gasteiger partial charge in [-0.3, -0.25) is 14.2 Å². The number of thioether (sulfide) groups is 1. The molecule has 5 nitrogen and oxygen atoms in total. The fourth-order valence-corrected chi connectivity index (χ4v) is 6.15. The third kappa shape index (κ3) is 3.73. The molecule has 0 aliphatic heterocycles. The maximum atomic E-state index is 13.6. The molecule has 2 heterocycles. The van der Waals surface area contributed by atoms with E-state index >= 15 is 0 Å². The van der Waals surface area contributed by atoms with Gasteiger partial charge in [0.2, 0.25) is 5.91 Å². The largest absolute Gasteiger partial charge is 0.353 e. The third-order valence-corrected chi connectivity index (χ3v) is 7.67. The van der Waals surface area contributed by atoms with E-state index in [1.807, 2.05) is 30.3 Å². The van der Waals surface area contributed by atoms with E-state index < -0.39 is 0 Å². The zero-order valence-electron chi connectivity index (χ0n) is 16.3. The van der Waals surface area contributed by atoms with E-state index in [9.17, 15) is 9.59 Å². The number of para-hydroxylation sites is 1. The van der Waals surface area contributed by atoms with Gasteiger partial charge in [0.25, 0.3) is 5.56 Å². The Labute approximate surface area is 177 Å². The number of aromatic nitrogens is 2. The Morgan fingerprint density at radius 3 is 2.83 bits per heavy atom. The molecule has 1 amide bonds. The molecule has 0 spiro atoms. The van der Waals surface area contributed by atoms with Crippen LogP contribution in [0.1, 0.15) is 36.6 Å². The van der Waals surface area contributed by atoms with E-state index in [0.717, 1.165) is 48.0 Å². The standard InChI is InChI=1S/C22H23N3O2S2/c1-13-7-10-16-17(11-13)29-20-19(16)21(27)25(15-5-3-2-4-6-15)22(24-20)28-12-18(26)23-14-8-9-14/h2-6,13-14H,7-12H2,1H3,(H,23,26). The van der Waals surface area contributed by atoms with Crippen LogP contribution in [0.3, 0.4) is 0 Å². The number of rotatable bonds is 5. The minimum absolute atomic E-state index is 0.00533. The molecule has 1 fully saturated rings. The van der Waals surface area contributed by atoms with Crippen molar-refractivity contribution in [1.82, 2.24) is 14.9 Å². The summed E-state index contributed by atoms with van der Waals surface area (Å²) >= 11 is 2.99. The molecule has 150 valence electrons. The lowest BCUT2D eigenvalue weighted by atomic mass is 9.89. The molecule has 7 heteroatoms. The maximum Gasteiger partial charge on any atom is 0.267 e. The van der Waals surface area contributed by atoms with Crippen LogP contribution < -0.4 is 10.9 Å². The van der Waals surface area contributed by atoms with E-state index in [1.54, 1.807) is 15.9 Å². The summed E-state index contributed by atoms with van der Waals surface area (Å²) in [5, 5.41) is 4.37. The first-order valence-corrected chi connectivity index (χ1v) is 11.9. The average molecular weight is 426 g/mol. The molecular weight excluding hydrogens is 402 g/mol. The molecular formula is C22H23N3O2S2. The molecule has 1 N–H and O–H groups in total. The topological polar surface area (TPSA) is 64.0 Å². The first-order valence-electron chi connectivity index (χ1n) is 10.1. The van der Waals surface area contributed by atoms with Gasteiger partial charge < -0.3 is 5.32 Å². The summed E-state index contributed by atoms with van der Waals surface area (Å²) in [6.07, 6.45) is 5.20. The molecule has 1 unspecified atom stereocenters. The number of nitrogens with zero attached hydrogens (tertiary/aromatic N) is 2. The summed E-state index contributed by atoms with van der Waals surface area (Å²) in [5.74, 6) is 0.918. The van der Waals surface area contributed by atoms with Gasteiger partial charge in [-0.05, 0) is 55.7 Å². The van der Waals surface area contributed by atoms with Crippen molar-refractivity contribution in [3.8, 4) is 5.69 Å². The van der Waals surface area contributed by atoms with Crippen LogP contribution in [0.5, 0.6) is 0 Å². The quantitative estimate of drug-likeness (QED) is 0.497. The first kappa shape index (κ1) is 18.9. The first-order chi connectivity index (χ1) is 14.1. The van der Waals surface area contributed by atoms with Crippen molar-refractivity contribution in [2.24, 2.45) is 5.92 Å². The van der Waals surface area contributed by atoms with Crippen LogP contribution in [0.2, 0.25) is 0 Å². The van der Waals surface area contributed by atoms with Gasteiger partial charge >= 0.3 is 0 Å². The summed E-state index contributed by atoms with van der Waals surface area (Å²) in [6, 6.07) is 9.95. The summed E-state index contributed by atoms with van der Waals surface area (Å²) in [6.45, 7) is 2.27. The minimum atomic E-state index is -0.0154. The number of aryl methyl sites for hydroxylation is 1. The van der Waals surface area contributed by atoms with Crippen LogP contribution in [0, 0.1) is 5.92 Å². The Hall–Kier alpha value is -2.12. The minimum Gasteiger partial charge on any atom is -0.353 e. The van der Waals surface area contributed by atoms with E-state index in [1.165, 1.54) is 22.2 Å². The SMILES string of the molecule is CC1CCc2c(sc3nc(SCC(=O)NC4CC4)n(-c4ccccc4)c(=O)c23)C1. The molecule has 1 atom stereocenters. The molecule has 1 saturated carbocycles. The summed E-state index contributed by atoms with van der Waals surface area (Å²) in [4.78, 5) is 32.8. The van der Waals surface area contributed by atoms with Gasteiger partial charge in [0.15, 0.2) is 5.16 Å². The molecule has 2 aromatic heterocycles. The number of benzene rings is 1. The Kier molecular flexibility index (Phi) is 4.95. The van der Waals surface area contributed by atoms with E-state index in [4.69, 9.17) is 4.98 Å². The van der Waals surface area contributed by atoms with Gasteiger partial charge in [-0.2, -0.15) is 0 Å². The molecule has 2 aliphatic carbocycles. The molecule has 0 saturated heterocycles. The Balaban J connectivity index is 1.60. The number of hydrogen-bond donors (Lipinski definition) is 1. The predicted octanol–water partition coefficient (Wildman–Crippen LogP) is 3.94. The highest BCUT2D eigenvalue weighted by atomic mass is 32.2. The van der Waals surface area contributed by atoms with Gasteiger partial charge in [0.05, 0.1) is 16.8 Å². The second-order valence-corrected chi connectivity index (χ2v) is 10.1. The fraction of sp³-hybridized carbons (Fsp3) is 0.409. The lowest BCUT2D eigenvalue weighted by Crippen LogP contribution is -2.28. The molecule has 29 heavy (non-hydrogen) atoms. The second-order valence-electron chi connectivity index (χ2n) is 8.03. The normalized spacial score (nSPS) is 18.6. The van der Waals surface area contributed by atoms with Crippen molar-refractivity contribution in [3.05, 3.63) is 51.1 Å².